The van der Waals surface area contributed by atoms with E-state index in [0.29, 0.717) is 11.1 Å². The third-order valence-electron chi connectivity index (χ3n) is 3.86. The normalized spacial score (nSPS) is 10.6. The van der Waals surface area contributed by atoms with E-state index >= 15 is 0 Å². The van der Waals surface area contributed by atoms with Crippen molar-refractivity contribution in [2.75, 3.05) is 6.61 Å². The van der Waals surface area contributed by atoms with Crippen LogP contribution < -0.4 is 0 Å². The van der Waals surface area contributed by atoms with E-state index in [9.17, 15) is 14.0 Å². The molecule has 0 aliphatic rings. The van der Waals surface area contributed by atoms with Crippen LogP contribution in [0.4, 0.5) is 4.39 Å². The van der Waals surface area contributed by atoms with Crippen molar-refractivity contribution in [2.24, 2.45) is 0 Å². The van der Waals surface area contributed by atoms with Crippen LogP contribution >= 0.6 is 0 Å². The van der Waals surface area contributed by atoms with Crippen molar-refractivity contribution in [2.45, 2.75) is 13.8 Å². The van der Waals surface area contributed by atoms with Crippen LogP contribution in [0, 0.1) is 19.7 Å². The molecule has 0 radical (unpaired) electrons. The van der Waals surface area contributed by atoms with Crippen LogP contribution in [0.3, 0.4) is 0 Å². The van der Waals surface area contributed by atoms with E-state index in [-0.39, 0.29) is 0 Å². The van der Waals surface area contributed by atoms with Gasteiger partial charge in [0.2, 0.25) is 0 Å². The van der Waals surface area contributed by atoms with Crippen LogP contribution in [0.15, 0.2) is 54.6 Å². The van der Waals surface area contributed by atoms with Crippen molar-refractivity contribution >= 4 is 11.8 Å². The van der Waals surface area contributed by atoms with E-state index in [2.05, 4.69) is 5.10 Å². The maximum absolute atomic E-state index is 12.9. The van der Waals surface area contributed by atoms with Gasteiger partial charge >= 0.3 is 5.97 Å². The number of nitrogens with zero attached hydrogens (tertiary/aromatic N) is 2. The van der Waals surface area contributed by atoms with E-state index < -0.39 is 24.2 Å². The minimum atomic E-state index is -0.597. The number of esters is 1. The van der Waals surface area contributed by atoms with Crippen molar-refractivity contribution in [3.8, 4) is 5.69 Å². The molecule has 0 unspecified atom stereocenters. The second-order valence-electron chi connectivity index (χ2n) is 5.89. The number of Topliss-reactive ketones (excluding diaryl/α,β-unsaturated/α-hetero) is 1. The molecule has 0 saturated heterocycles. The number of ketones is 1. The highest BCUT2D eigenvalue weighted by Gasteiger charge is 2.12. The van der Waals surface area contributed by atoms with E-state index in [1.54, 1.807) is 28.9 Å². The monoisotopic (exact) mass is 352 g/mol. The molecular weight excluding hydrogens is 335 g/mol. The van der Waals surface area contributed by atoms with Crippen LogP contribution in [0.2, 0.25) is 0 Å². The number of aryl methyl sites for hydroxylation is 2. The summed E-state index contributed by atoms with van der Waals surface area (Å²) < 4.78 is 19.7. The van der Waals surface area contributed by atoms with Crippen LogP contribution in [0.1, 0.15) is 32.1 Å². The molecule has 2 aromatic carbocycles. The number of rotatable bonds is 5. The fourth-order valence-electron chi connectivity index (χ4n) is 2.56. The summed E-state index contributed by atoms with van der Waals surface area (Å²) in [4.78, 5) is 24.1. The quantitative estimate of drug-likeness (QED) is 0.519. The predicted molar refractivity (Wildman–Crippen MR) is 94.1 cm³/mol. The van der Waals surface area contributed by atoms with Gasteiger partial charge in [-0.3, -0.25) is 4.79 Å². The minimum absolute atomic E-state index is 0.291. The van der Waals surface area contributed by atoms with Crippen LogP contribution in [-0.2, 0) is 4.74 Å². The van der Waals surface area contributed by atoms with E-state index in [1.165, 1.54) is 24.3 Å². The van der Waals surface area contributed by atoms with Gasteiger partial charge in [0.1, 0.15) is 5.82 Å². The number of hydrogen-bond acceptors (Lipinski definition) is 4. The molecule has 0 amide bonds. The number of halogens is 1. The topological polar surface area (TPSA) is 61.2 Å². The van der Waals surface area contributed by atoms with Crippen LogP contribution in [0.5, 0.6) is 0 Å². The lowest BCUT2D eigenvalue weighted by atomic mass is 10.1. The molecule has 132 valence electrons. The molecule has 0 atom stereocenters. The summed E-state index contributed by atoms with van der Waals surface area (Å²) in [6.45, 7) is 3.46. The Balaban J connectivity index is 1.64. The number of hydrogen-bond donors (Lipinski definition) is 0. The lowest BCUT2D eigenvalue weighted by Gasteiger charge is -2.07. The summed E-state index contributed by atoms with van der Waals surface area (Å²) in [5.41, 5.74) is 3.35. The molecule has 0 saturated carbocycles. The average molecular weight is 352 g/mol. The summed E-state index contributed by atoms with van der Waals surface area (Å²) in [5, 5.41) is 4.38. The fraction of sp³-hybridized carbons (Fsp3) is 0.150. The molecule has 3 rings (SSSR count). The van der Waals surface area contributed by atoms with Crippen molar-refractivity contribution < 1.29 is 18.7 Å². The first-order valence-electron chi connectivity index (χ1n) is 8.03. The second-order valence-corrected chi connectivity index (χ2v) is 5.89. The molecule has 6 heteroatoms. The molecule has 1 heterocycles. The largest absolute Gasteiger partial charge is 0.454 e. The number of carbonyl (C=O) groups is 2. The molecule has 0 bridgehead atoms. The molecule has 0 aliphatic carbocycles. The molecule has 0 N–H and O–H groups in total. The van der Waals surface area contributed by atoms with Crippen molar-refractivity contribution in [3.63, 3.8) is 0 Å². The second kappa shape index (κ2) is 7.31. The zero-order valence-corrected chi connectivity index (χ0v) is 14.4. The Kier molecular flexibility index (Phi) is 4.93. The molecule has 3 aromatic rings. The highest BCUT2D eigenvalue weighted by Crippen LogP contribution is 2.14. The van der Waals surface area contributed by atoms with Gasteiger partial charge in [-0.15, -0.1) is 0 Å². The van der Waals surface area contributed by atoms with Gasteiger partial charge in [-0.25, -0.2) is 13.9 Å². The van der Waals surface area contributed by atoms with Gasteiger partial charge in [-0.1, -0.05) is 0 Å². The third kappa shape index (κ3) is 3.85. The summed E-state index contributed by atoms with van der Waals surface area (Å²) in [6.07, 6.45) is 0. The first kappa shape index (κ1) is 17.5. The lowest BCUT2D eigenvalue weighted by Crippen LogP contribution is -2.14. The molecule has 0 fully saturated rings. The van der Waals surface area contributed by atoms with Gasteiger partial charge in [-0.2, -0.15) is 5.10 Å². The summed E-state index contributed by atoms with van der Waals surface area (Å²) >= 11 is 0. The summed E-state index contributed by atoms with van der Waals surface area (Å²) in [7, 11) is 0. The zero-order valence-electron chi connectivity index (χ0n) is 14.4. The Morgan fingerprint density at radius 2 is 1.62 bits per heavy atom. The molecule has 26 heavy (non-hydrogen) atoms. The number of ether oxygens (including phenoxy) is 1. The van der Waals surface area contributed by atoms with Crippen LogP contribution in [-0.4, -0.2) is 28.1 Å². The molecule has 0 aliphatic heterocycles. The number of carbonyl (C=O) groups excluding carboxylic acids is 2. The zero-order chi connectivity index (χ0) is 18.7. The number of benzene rings is 2. The molecule has 0 spiro atoms. The Hall–Kier alpha value is -3.28. The predicted octanol–water partition coefficient (Wildman–Crippen LogP) is 3.67. The Morgan fingerprint density at radius 1 is 1.00 bits per heavy atom. The molecule has 1 aromatic heterocycles. The fourth-order valence-corrected chi connectivity index (χ4v) is 2.56. The van der Waals surface area contributed by atoms with Gasteiger partial charge in [0.15, 0.2) is 12.4 Å². The summed E-state index contributed by atoms with van der Waals surface area (Å²) in [5.74, 6) is -1.42. The Bertz CT molecular complexity index is 944. The Labute approximate surface area is 150 Å². The average Bonchev–Trinajstić information content (AvgIpc) is 2.98. The standard InChI is InChI=1S/C20H17FN2O3/c1-13-11-14(2)23(22-13)18-9-5-16(6-10-18)20(25)26-12-19(24)15-3-7-17(21)8-4-15/h3-11H,12H2,1-2H3. The highest BCUT2D eigenvalue weighted by atomic mass is 19.1. The van der Waals surface area contributed by atoms with Gasteiger partial charge in [-0.05, 0) is 68.4 Å². The minimum Gasteiger partial charge on any atom is -0.454 e. The van der Waals surface area contributed by atoms with Crippen molar-refractivity contribution in [1.82, 2.24) is 9.78 Å². The van der Waals surface area contributed by atoms with Gasteiger partial charge in [0.25, 0.3) is 0 Å². The van der Waals surface area contributed by atoms with Crippen LogP contribution in [0.25, 0.3) is 5.69 Å². The van der Waals surface area contributed by atoms with Crippen molar-refractivity contribution in [3.05, 3.63) is 82.9 Å². The maximum atomic E-state index is 12.9. The lowest BCUT2D eigenvalue weighted by molar-refractivity contribution is 0.0474. The third-order valence-corrected chi connectivity index (χ3v) is 3.86. The molecule has 5 nitrogen and oxygen atoms in total. The maximum Gasteiger partial charge on any atom is 0.338 e. The SMILES string of the molecule is Cc1cc(C)n(-c2ccc(C(=O)OCC(=O)c3ccc(F)cc3)cc2)n1. The van der Waals surface area contributed by atoms with E-state index in [4.69, 9.17) is 4.74 Å². The first-order valence-corrected chi connectivity index (χ1v) is 8.03. The van der Waals surface area contributed by atoms with E-state index in [0.717, 1.165) is 17.1 Å². The Morgan fingerprint density at radius 3 is 2.19 bits per heavy atom. The van der Waals surface area contributed by atoms with Crippen molar-refractivity contribution in [1.29, 1.82) is 0 Å². The van der Waals surface area contributed by atoms with Gasteiger partial charge in [0, 0.05) is 11.3 Å². The van der Waals surface area contributed by atoms with E-state index in [1.807, 2.05) is 19.9 Å². The van der Waals surface area contributed by atoms with Gasteiger partial charge < -0.3 is 4.74 Å². The number of aromatic nitrogens is 2. The first-order chi connectivity index (χ1) is 12.4. The summed E-state index contributed by atoms with van der Waals surface area (Å²) in [6, 6.07) is 13.8. The molecular formula is C20H17FN2O3. The smallest absolute Gasteiger partial charge is 0.338 e. The highest BCUT2D eigenvalue weighted by molar-refractivity contribution is 5.99. The van der Waals surface area contributed by atoms with Gasteiger partial charge in [0.05, 0.1) is 16.9 Å².